The Labute approximate surface area is 244 Å². The van der Waals surface area contributed by atoms with Crippen molar-refractivity contribution in [3.8, 4) is 5.75 Å². The Morgan fingerprint density at radius 3 is 2.00 bits per heavy atom. The second kappa shape index (κ2) is 14.5. The van der Waals surface area contributed by atoms with Crippen molar-refractivity contribution in [1.82, 2.24) is 20.9 Å². The number of aromatic hydroxyl groups is 1. The van der Waals surface area contributed by atoms with Gasteiger partial charge in [0, 0.05) is 29.9 Å². The van der Waals surface area contributed by atoms with Crippen LogP contribution in [-0.4, -0.2) is 80.0 Å². The molecule has 0 radical (unpaired) electrons. The van der Waals surface area contributed by atoms with E-state index in [9.17, 15) is 39.0 Å². The Kier molecular flexibility index (Phi) is 10.8. The number of carbonyl (C=O) groups is 6. The number of nitrogens with one attached hydrogen (secondary N) is 4. The summed E-state index contributed by atoms with van der Waals surface area (Å²) in [5.41, 5.74) is 12.7. The van der Waals surface area contributed by atoms with Gasteiger partial charge in [-0.05, 0) is 29.3 Å². The summed E-state index contributed by atoms with van der Waals surface area (Å²) < 4.78 is 0. The lowest BCUT2D eigenvalue weighted by Gasteiger charge is -2.25. The van der Waals surface area contributed by atoms with Crippen LogP contribution in [-0.2, 0) is 41.6 Å². The quantitative estimate of drug-likeness (QED) is 0.102. The molecule has 15 nitrogen and oxygen atoms in total. The Balaban J connectivity index is 1.83. The lowest BCUT2D eigenvalue weighted by molar-refractivity contribution is -0.142. The number of carbonyl (C=O) groups excluding carboxylic acids is 4. The molecule has 2 aromatic carbocycles. The molecule has 4 atom stereocenters. The molecule has 0 aliphatic heterocycles. The number of aromatic nitrogens is 1. The van der Waals surface area contributed by atoms with E-state index in [-0.39, 0.29) is 18.6 Å². The summed E-state index contributed by atoms with van der Waals surface area (Å²) in [5, 5.41) is 36.2. The van der Waals surface area contributed by atoms with Gasteiger partial charge in [0.1, 0.15) is 23.9 Å². The second-order valence-electron chi connectivity index (χ2n) is 9.83. The number of benzene rings is 2. The zero-order chi connectivity index (χ0) is 31.7. The zero-order valence-electron chi connectivity index (χ0n) is 22.8. The molecule has 0 aliphatic carbocycles. The van der Waals surface area contributed by atoms with Crippen molar-refractivity contribution in [3.63, 3.8) is 0 Å². The largest absolute Gasteiger partial charge is 0.508 e. The number of amides is 4. The molecule has 15 heteroatoms. The minimum absolute atomic E-state index is 0.0552. The molecule has 0 aliphatic rings. The third-order valence-electron chi connectivity index (χ3n) is 6.49. The molecule has 0 spiro atoms. The molecular weight excluding hydrogens is 564 g/mol. The van der Waals surface area contributed by atoms with Crippen molar-refractivity contribution in [3.05, 3.63) is 65.9 Å². The van der Waals surface area contributed by atoms with E-state index in [1.54, 1.807) is 18.3 Å². The third-order valence-corrected chi connectivity index (χ3v) is 6.49. The number of aliphatic carboxylic acids is 2. The van der Waals surface area contributed by atoms with E-state index in [0.717, 1.165) is 10.9 Å². The zero-order valence-corrected chi connectivity index (χ0v) is 22.8. The highest BCUT2D eigenvalue weighted by molar-refractivity contribution is 5.97. The number of aromatic amines is 1. The molecule has 3 aromatic rings. The summed E-state index contributed by atoms with van der Waals surface area (Å²) in [6.45, 7) is 0. The number of nitrogens with two attached hydrogens (primary N) is 2. The van der Waals surface area contributed by atoms with Crippen LogP contribution < -0.4 is 27.4 Å². The van der Waals surface area contributed by atoms with E-state index >= 15 is 0 Å². The van der Waals surface area contributed by atoms with E-state index in [4.69, 9.17) is 16.6 Å². The molecule has 1 heterocycles. The third kappa shape index (κ3) is 9.29. The van der Waals surface area contributed by atoms with E-state index < -0.39 is 72.6 Å². The summed E-state index contributed by atoms with van der Waals surface area (Å²) in [4.78, 5) is 76.8. The molecule has 3 rings (SSSR count). The predicted molar refractivity (Wildman–Crippen MR) is 151 cm³/mol. The highest BCUT2D eigenvalue weighted by Crippen LogP contribution is 2.19. The van der Waals surface area contributed by atoms with Gasteiger partial charge >= 0.3 is 11.9 Å². The molecule has 4 unspecified atom stereocenters. The number of H-pyrrole nitrogens is 1. The first-order valence-electron chi connectivity index (χ1n) is 13.1. The molecule has 11 N–H and O–H groups in total. The standard InChI is InChI=1S/C28H32N6O9/c29-18(11-24(37)38)25(39)32-21(12-23(30)36)27(41)33-20(9-14-5-7-16(35)8-6-14)26(40)34-22(28(42)43)10-15-13-31-19-4-2-1-3-17(15)19/h1-8,13,18,20-22,31,35H,9-12,29H2,(H2,30,36)(H,32,39)(H,33,41)(H,34,40)(H,37,38)(H,42,43). The minimum atomic E-state index is -1.62. The molecule has 0 saturated carbocycles. The van der Waals surface area contributed by atoms with Crippen LogP contribution in [0.4, 0.5) is 0 Å². The van der Waals surface area contributed by atoms with Crippen LogP contribution in [0.3, 0.4) is 0 Å². The Morgan fingerprint density at radius 2 is 1.37 bits per heavy atom. The monoisotopic (exact) mass is 596 g/mol. The fourth-order valence-electron chi connectivity index (χ4n) is 4.31. The van der Waals surface area contributed by atoms with Gasteiger partial charge in [0.05, 0.1) is 18.9 Å². The van der Waals surface area contributed by atoms with Gasteiger partial charge in [-0.25, -0.2) is 4.79 Å². The van der Waals surface area contributed by atoms with Crippen LogP contribution in [0.2, 0.25) is 0 Å². The maximum atomic E-state index is 13.4. The van der Waals surface area contributed by atoms with Gasteiger partial charge < -0.3 is 47.7 Å². The first-order valence-corrected chi connectivity index (χ1v) is 13.1. The van der Waals surface area contributed by atoms with Gasteiger partial charge in [0.15, 0.2) is 0 Å². The van der Waals surface area contributed by atoms with Crippen LogP contribution in [0.25, 0.3) is 10.9 Å². The maximum absolute atomic E-state index is 13.4. The first-order chi connectivity index (χ1) is 20.3. The number of para-hydroxylation sites is 1. The number of phenolic OH excluding ortho intramolecular Hbond substituents is 1. The molecule has 0 fully saturated rings. The van der Waals surface area contributed by atoms with Crippen molar-refractivity contribution in [2.45, 2.75) is 49.9 Å². The summed E-state index contributed by atoms with van der Waals surface area (Å²) in [6.07, 6.45) is -0.0900. The SMILES string of the molecule is NC(=O)CC(NC(=O)C(N)CC(=O)O)C(=O)NC(Cc1ccc(O)cc1)C(=O)NC(Cc1c[nH]c2ccccc12)C(=O)O. The normalized spacial score (nSPS) is 13.7. The van der Waals surface area contributed by atoms with Crippen LogP contribution in [0.1, 0.15) is 24.0 Å². The molecule has 0 bridgehead atoms. The van der Waals surface area contributed by atoms with Crippen molar-refractivity contribution >= 4 is 46.5 Å². The second-order valence-corrected chi connectivity index (χ2v) is 9.83. The molecule has 4 amide bonds. The van der Waals surface area contributed by atoms with Crippen LogP contribution in [0.15, 0.2) is 54.7 Å². The van der Waals surface area contributed by atoms with Crippen molar-refractivity contribution < 1.29 is 44.1 Å². The highest BCUT2D eigenvalue weighted by atomic mass is 16.4. The van der Waals surface area contributed by atoms with Gasteiger partial charge in [-0.1, -0.05) is 30.3 Å². The number of fused-ring (bicyclic) bond motifs is 1. The highest BCUT2D eigenvalue weighted by Gasteiger charge is 2.32. The van der Waals surface area contributed by atoms with Crippen molar-refractivity contribution in [2.24, 2.45) is 11.5 Å². The van der Waals surface area contributed by atoms with Gasteiger partial charge in [-0.3, -0.25) is 24.0 Å². The summed E-state index contributed by atoms with van der Waals surface area (Å²) >= 11 is 0. The molecule has 43 heavy (non-hydrogen) atoms. The van der Waals surface area contributed by atoms with Crippen LogP contribution >= 0.6 is 0 Å². The van der Waals surface area contributed by atoms with E-state index in [1.165, 1.54) is 24.3 Å². The first kappa shape index (κ1) is 32.1. The summed E-state index contributed by atoms with van der Waals surface area (Å²) in [7, 11) is 0. The Morgan fingerprint density at radius 1 is 0.767 bits per heavy atom. The predicted octanol–water partition coefficient (Wildman–Crippen LogP) is -1.12. The van der Waals surface area contributed by atoms with Gasteiger partial charge in [-0.2, -0.15) is 0 Å². The fourth-order valence-corrected chi connectivity index (χ4v) is 4.31. The van der Waals surface area contributed by atoms with Crippen LogP contribution in [0.5, 0.6) is 5.75 Å². The lowest BCUT2D eigenvalue weighted by atomic mass is 10.0. The number of primary amides is 1. The van der Waals surface area contributed by atoms with Gasteiger partial charge in [0.25, 0.3) is 0 Å². The van der Waals surface area contributed by atoms with Crippen LogP contribution in [0, 0.1) is 0 Å². The van der Waals surface area contributed by atoms with E-state index in [0.29, 0.717) is 11.1 Å². The minimum Gasteiger partial charge on any atom is -0.508 e. The number of phenols is 1. The Hall–Kier alpha value is -5.44. The van der Waals surface area contributed by atoms with Crippen molar-refractivity contribution in [1.29, 1.82) is 0 Å². The van der Waals surface area contributed by atoms with E-state index in [1.807, 2.05) is 12.1 Å². The topological polar surface area (TPSA) is 267 Å². The number of hydrogen-bond donors (Lipinski definition) is 9. The average molecular weight is 597 g/mol. The summed E-state index contributed by atoms with van der Waals surface area (Å²) in [6, 6.07) is 6.88. The van der Waals surface area contributed by atoms with Gasteiger partial charge in [-0.15, -0.1) is 0 Å². The molecule has 228 valence electrons. The average Bonchev–Trinajstić information content (AvgIpc) is 3.35. The lowest BCUT2D eigenvalue weighted by Crippen LogP contribution is -2.58. The smallest absolute Gasteiger partial charge is 0.326 e. The molecular formula is C28H32N6O9. The number of rotatable bonds is 15. The Bertz CT molecular complexity index is 1500. The number of carboxylic acid groups (broad SMARTS) is 2. The van der Waals surface area contributed by atoms with E-state index in [2.05, 4.69) is 20.9 Å². The number of carboxylic acids is 2. The van der Waals surface area contributed by atoms with Crippen molar-refractivity contribution in [2.75, 3.05) is 0 Å². The van der Waals surface area contributed by atoms with Gasteiger partial charge in [0.2, 0.25) is 23.6 Å². The number of hydrogen-bond acceptors (Lipinski definition) is 8. The maximum Gasteiger partial charge on any atom is 0.326 e. The molecule has 1 aromatic heterocycles. The fraction of sp³-hybridized carbons (Fsp3) is 0.286. The molecule has 0 saturated heterocycles. The summed E-state index contributed by atoms with van der Waals surface area (Å²) in [5.74, 6) is -6.72.